The predicted molar refractivity (Wildman–Crippen MR) is 103 cm³/mol. The second kappa shape index (κ2) is 7.92. The fourth-order valence-corrected chi connectivity index (χ4v) is 3.53. The van der Waals surface area contributed by atoms with Gasteiger partial charge in [-0.25, -0.2) is 14.4 Å². The van der Waals surface area contributed by atoms with Crippen LogP contribution < -0.4 is 10.2 Å². The molecule has 8 heteroatoms. The van der Waals surface area contributed by atoms with E-state index in [9.17, 15) is 9.18 Å². The van der Waals surface area contributed by atoms with Gasteiger partial charge in [-0.2, -0.15) is 4.98 Å². The lowest BCUT2D eigenvalue weighted by atomic mass is 9.97. The van der Waals surface area contributed by atoms with Gasteiger partial charge in [-0.1, -0.05) is 6.92 Å². The van der Waals surface area contributed by atoms with E-state index in [0.29, 0.717) is 41.6 Å². The zero-order chi connectivity index (χ0) is 19.5. The summed E-state index contributed by atoms with van der Waals surface area (Å²) in [6.07, 6.45) is 4.23. The molecule has 0 spiro atoms. The number of benzene rings is 1. The number of rotatable bonds is 5. The van der Waals surface area contributed by atoms with E-state index in [1.807, 2.05) is 6.92 Å². The van der Waals surface area contributed by atoms with Gasteiger partial charge in [0.15, 0.2) is 17.2 Å². The summed E-state index contributed by atoms with van der Waals surface area (Å²) >= 11 is 0. The molecule has 1 aliphatic heterocycles. The molecule has 146 valence electrons. The first kappa shape index (κ1) is 18.3. The molecule has 1 atom stereocenters. The molecule has 28 heavy (non-hydrogen) atoms. The predicted octanol–water partition coefficient (Wildman–Crippen LogP) is 2.97. The van der Waals surface area contributed by atoms with Gasteiger partial charge in [0.05, 0.1) is 0 Å². The van der Waals surface area contributed by atoms with Crippen LogP contribution in [-0.2, 0) is 6.42 Å². The average Bonchev–Trinajstić information content (AvgIpc) is 3.16. The summed E-state index contributed by atoms with van der Waals surface area (Å²) in [7, 11) is 0. The molecule has 3 aromatic rings. The summed E-state index contributed by atoms with van der Waals surface area (Å²) in [6.45, 7) is 4.19. The Morgan fingerprint density at radius 1 is 1.32 bits per heavy atom. The third-order valence-corrected chi connectivity index (χ3v) is 5.00. The van der Waals surface area contributed by atoms with Crippen LogP contribution in [-0.4, -0.2) is 40.5 Å². The van der Waals surface area contributed by atoms with Crippen LogP contribution in [0.3, 0.4) is 0 Å². The minimum absolute atomic E-state index is 0.189. The van der Waals surface area contributed by atoms with E-state index in [2.05, 4.69) is 25.2 Å². The molecule has 7 nitrogen and oxygen atoms in total. The van der Waals surface area contributed by atoms with E-state index in [1.54, 1.807) is 0 Å². The van der Waals surface area contributed by atoms with E-state index < -0.39 is 0 Å². The average molecular weight is 383 g/mol. The summed E-state index contributed by atoms with van der Waals surface area (Å²) < 4.78 is 18.6. The van der Waals surface area contributed by atoms with Crippen LogP contribution in [0.25, 0.3) is 11.2 Å². The molecule has 1 aromatic carbocycles. The van der Waals surface area contributed by atoms with Crippen LogP contribution in [0.15, 0.2) is 35.0 Å². The third kappa shape index (κ3) is 3.81. The van der Waals surface area contributed by atoms with Crippen LogP contribution in [0.4, 0.5) is 10.2 Å². The molecular weight excluding hydrogens is 361 g/mol. The van der Waals surface area contributed by atoms with E-state index >= 15 is 0 Å². The quantitative estimate of drug-likeness (QED) is 0.729. The smallest absolute Gasteiger partial charge is 0.252 e. The molecule has 0 unspecified atom stereocenters. The number of carbonyl (C=O) groups is 1. The van der Waals surface area contributed by atoms with Crippen LogP contribution in [0.5, 0.6) is 0 Å². The second-order valence-corrected chi connectivity index (χ2v) is 6.98. The molecule has 1 N–H and O–H groups in total. The van der Waals surface area contributed by atoms with Crippen molar-refractivity contribution in [1.29, 1.82) is 0 Å². The summed E-state index contributed by atoms with van der Waals surface area (Å²) in [5.74, 6) is 1.18. The fraction of sp³-hybridized carbons (Fsp3) is 0.400. The number of hydrogen-bond donors (Lipinski definition) is 1. The Balaban J connectivity index is 1.43. The number of nitrogens with one attached hydrogen (secondary N) is 1. The molecule has 1 aliphatic rings. The van der Waals surface area contributed by atoms with Crippen molar-refractivity contribution in [2.75, 3.05) is 24.5 Å². The molecule has 1 saturated heterocycles. The van der Waals surface area contributed by atoms with Gasteiger partial charge in [0.2, 0.25) is 0 Å². The number of aryl methyl sites for hydroxylation is 1. The first-order chi connectivity index (χ1) is 13.6. The number of anilines is 1. The fourth-order valence-electron chi connectivity index (χ4n) is 3.53. The van der Waals surface area contributed by atoms with Crippen molar-refractivity contribution in [3.05, 3.63) is 47.9 Å². The summed E-state index contributed by atoms with van der Waals surface area (Å²) in [6, 6.07) is 5.57. The van der Waals surface area contributed by atoms with Crippen molar-refractivity contribution in [1.82, 2.24) is 20.3 Å². The topological polar surface area (TPSA) is 84.2 Å². The van der Waals surface area contributed by atoms with Gasteiger partial charge in [0.1, 0.15) is 12.1 Å². The number of halogens is 1. The van der Waals surface area contributed by atoms with Crippen LogP contribution >= 0.6 is 0 Å². The number of aromatic nitrogens is 3. The minimum atomic E-state index is -0.352. The van der Waals surface area contributed by atoms with E-state index in [-0.39, 0.29) is 11.7 Å². The maximum absolute atomic E-state index is 13.0. The van der Waals surface area contributed by atoms with Gasteiger partial charge < -0.3 is 14.6 Å². The first-order valence-electron chi connectivity index (χ1n) is 9.53. The molecule has 1 amide bonds. The highest BCUT2D eigenvalue weighted by Gasteiger charge is 2.24. The Morgan fingerprint density at radius 3 is 2.93 bits per heavy atom. The Hall–Kier alpha value is -3.03. The number of fused-ring (bicyclic) bond motifs is 1. The monoisotopic (exact) mass is 383 g/mol. The first-order valence-corrected chi connectivity index (χ1v) is 9.53. The van der Waals surface area contributed by atoms with E-state index in [0.717, 1.165) is 31.7 Å². The Kier molecular flexibility index (Phi) is 5.18. The van der Waals surface area contributed by atoms with Crippen molar-refractivity contribution in [3.8, 4) is 0 Å². The van der Waals surface area contributed by atoms with Gasteiger partial charge in [-0.05, 0) is 43.0 Å². The summed E-state index contributed by atoms with van der Waals surface area (Å²) in [4.78, 5) is 27.6. The van der Waals surface area contributed by atoms with Gasteiger partial charge in [0.25, 0.3) is 11.6 Å². The third-order valence-electron chi connectivity index (χ3n) is 5.00. The van der Waals surface area contributed by atoms with Gasteiger partial charge in [0, 0.05) is 31.6 Å². The van der Waals surface area contributed by atoms with E-state index in [1.165, 1.54) is 30.6 Å². The molecule has 0 radical (unpaired) electrons. The number of amides is 1. The molecule has 2 aromatic heterocycles. The highest BCUT2D eigenvalue weighted by atomic mass is 19.1. The maximum Gasteiger partial charge on any atom is 0.252 e. The molecule has 0 saturated carbocycles. The highest BCUT2D eigenvalue weighted by Crippen LogP contribution is 2.27. The molecule has 4 rings (SSSR count). The molecular formula is C20H22FN5O2. The number of carbonyl (C=O) groups excluding carboxylic acids is 1. The lowest BCUT2D eigenvalue weighted by Gasteiger charge is -2.33. The Morgan fingerprint density at radius 2 is 2.14 bits per heavy atom. The SMILES string of the molecule is CCc1nc2c(N3CCC[C@@H](CNC(=O)c4ccc(F)cc4)C3)ncnc2o1. The van der Waals surface area contributed by atoms with Crippen molar-refractivity contribution in [2.24, 2.45) is 5.92 Å². The second-order valence-electron chi connectivity index (χ2n) is 6.98. The Bertz CT molecular complexity index is 972. The minimum Gasteiger partial charge on any atom is -0.422 e. The van der Waals surface area contributed by atoms with Crippen LogP contribution in [0.1, 0.15) is 36.0 Å². The summed E-state index contributed by atoms with van der Waals surface area (Å²) in [5, 5.41) is 2.96. The van der Waals surface area contributed by atoms with Crippen molar-refractivity contribution in [3.63, 3.8) is 0 Å². The number of piperidine rings is 1. The van der Waals surface area contributed by atoms with Gasteiger partial charge >= 0.3 is 0 Å². The van der Waals surface area contributed by atoms with Gasteiger partial charge in [-0.3, -0.25) is 4.79 Å². The van der Waals surface area contributed by atoms with Gasteiger partial charge in [-0.15, -0.1) is 0 Å². The normalized spacial score (nSPS) is 17.1. The zero-order valence-corrected chi connectivity index (χ0v) is 15.7. The van der Waals surface area contributed by atoms with Crippen molar-refractivity contribution >= 4 is 23.0 Å². The molecule has 0 bridgehead atoms. The van der Waals surface area contributed by atoms with Crippen LogP contribution in [0.2, 0.25) is 0 Å². The Labute approximate surface area is 162 Å². The van der Waals surface area contributed by atoms with E-state index in [4.69, 9.17) is 4.42 Å². The molecule has 0 aliphatic carbocycles. The van der Waals surface area contributed by atoms with Crippen molar-refractivity contribution in [2.45, 2.75) is 26.2 Å². The van der Waals surface area contributed by atoms with Crippen LogP contribution in [0, 0.1) is 11.7 Å². The zero-order valence-electron chi connectivity index (χ0n) is 15.7. The largest absolute Gasteiger partial charge is 0.422 e. The standard InChI is InChI=1S/C20H22FN5O2/c1-2-16-25-17-18(23-12-24-20(17)28-16)26-9-3-4-13(11-26)10-22-19(27)14-5-7-15(21)8-6-14/h5-8,12-13H,2-4,9-11H2,1H3,(H,22,27)/t13-/m0/s1. The molecule has 1 fully saturated rings. The molecule has 3 heterocycles. The number of hydrogen-bond acceptors (Lipinski definition) is 6. The van der Waals surface area contributed by atoms with Crippen molar-refractivity contribution < 1.29 is 13.6 Å². The maximum atomic E-state index is 13.0. The highest BCUT2D eigenvalue weighted by molar-refractivity contribution is 5.94. The lowest BCUT2D eigenvalue weighted by molar-refractivity contribution is 0.0945. The summed E-state index contributed by atoms with van der Waals surface area (Å²) in [5.41, 5.74) is 1.66. The lowest BCUT2D eigenvalue weighted by Crippen LogP contribution is -2.41. The number of oxazole rings is 1. The number of nitrogens with zero attached hydrogens (tertiary/aromatic N) is 4.